The molecule has 2 nitrogen and oxygen atoms in total. The van der Waals surface area contributed by atoms with Crippen molar-refractivity contribution in [2.24, 2.45) is 0 Å². The lowest BCUT2D eigenvalue weighted by molar-refractivity contribution is 0.658. The molecular formula is C49H31NO. The van der Waals surface area contributed by atoms with Gasteiger partial charge in [0.2, 0.25) is 0 Å². The Morgan fingerprint density at radius 1 is 0.490 bits per heavy atom. The largest absolute Gasteiger partial charge is 0.455 e. The minimum absolute atomic E-state index is 0.212. The molecule has 0 N–H and O–H groups in total. The first-order chi connectivity index (χ1) is 25.1. The van der Waals surface area contributed by atoms with Crippen LogP contribution in [0.2, 0.25) is 0 Å². The second-order valence-electron chi connectivity index (χ2n) is 14.8. The molecule has 0 aliphatic heterocycles. The summed E-state index contributed by atoms with van der Waals surface area (Å²) in [5.41, 5.74) is 18.2. The zero-order valence-electron chi connectivity index (χ0n) is 28.3. The van der Waals surface area contributed by atoms with E-state index in [1.165, 1.54) is 93.6 Å². The molecule has 51 heavy (non-hydrogen) atoms. The molecule has 2 aliphatic carbocycles. The number of rotatable bonds is 2. The maximum absolute atomic E-state index is 6.92. The smallest absolute Gasteiger partial charge is 0.145 e. The van der Waals surface area contributed by atoms with Crippen molar-refractivity contribution in [1.82, 2.24) is 4.57 Å². The standard InChI is InChI=1S/C49H31NO/c1-49(2)39-22-8-5-17-36(39)44-46(49)43-37-18-6-9-23-40(37)50(47(43)45-38-19-7-10-24-41(38)51-48(44)45)29-14-11-13-28(27-29)30-25-26-35-32-16-4-3-15-31(32)34-21-12-20-33(30)42(34)35/h3-27H,1-2H3. The average molecular weight is 650 g/mol. The number of aromatic nitrogens is 1. The summed E-state index contributed by atoms with van der Waals surface area (Å²) in [6.07, 6.45) is 0. The number of nitrogens with zero attached hydrogens (tertiary/aromatic N) is 1. The Morgan fingerprint density at radius 3 is 2.00 bits per heavy atom. The van der Waals surface area contributed by atoms with Gasteiger partial charge in [-0.2, -0.15) is 0 Å². The van der Waals surface area contributed by atoms with Crippen LogP contribution in [0.5, 0.6) is 0 Å². The minimum Gasteiger partial charge on any atom is -0.455 e. The van der Waals surface area contributed by atoms with Crippen LogP contribution in [-0.4, -0.2) is 4.57 Å². The highest BCUT2D eigenvalue weighted by molar-refractivity contribution is 6.30. The summed E-state index contributed by atoms with van der Waals surface area (Å²) < 4.78 is 9.43. The fourth-order valence-electron chi connectivity index (χ4n) is 9.83. The molecule has 0 fully saturated rings. The van der Waals surface area contributed by atoms with Gasteiger partial charge in [0.15, 0.2) is 0 Å². The molecular weight excluding hydrogens is 619 g/mol. The second kappa shape index (κ2) is 9.44. The second-order valence-corrected chi connectivity index (χ2v) is 14.8. The molecule has 0 spiro atoms. The summed E-state index contributed by atoms with van der Waals surface area (Å²) in [4.78, 5) is 0. The van der Waals surface area contributed by atoms with Crippen LogP contribution in [0.15, 0.2) is 156 Å². The molecule has 12 rings (SSSR count). The highest BCUT2D eigenvalue weighted by Gasteiger charge is 2.41. The first-order valence-corrected chi connectivity index (χ1v) is 17.9. The van der Waals surface area contributed by atoms with Crippen LogP contribution in [0.4, 0.5) is 0 Å². The van der Waals surface area contributed by atoms with Crippen LogP contribution in [0.25, 0.3) is 105 Å². The van der Waals surface area contributed by atoms with Gasteiger partial charge in [0, 0.05) is 32.8 Å². The highest BCUT2D eigenvalue weighted by atomic mass is 16.3. The van der Waals surface area contributed by atoms with Gasteiger partial charge in [0.25, 0.3) is 0 Å². The lowest BCUT2D eigenvalue weighted by Gasteiger charge is -2.23. The van der Waals surface area contributed by atoms with E-state index in [-0.39, 0.29) is 5.41 Å². The van der Waals surface area contributed by atoms with E-state index in [0.717, 1.165) is 22.2 Å². The van der Waals surface area contributed by atoms with Crippen LogP contribution >= 0.6 is 0 Å². The summed E-state index contributed by atoms with van der Waals surface area (Å²) in [6, 6.07) is 55.8. The Labute approximate surface area is 294 Å². The van der Waals surface area contributed by atoms with Crippen molar-refractivity contribution in [3.8, 4) is 50.2 Å². The Balaban J connectivity index is 1.20. The van der Waals surface area contributed by atoms with Gasteiger partial charge < -0.3 is 8.98 Å². The third kappa shape index (κ3) is 3.33. The van der Waals surface area contributed by atoms with Crippen molar-refractivity contribution < 1.29 is 4.42 Å². The van der Waals surface area contributed by atoms with Crippen molar-refractivity contribution in [2.75, 3.05) is 0 Å². The van der Waals surface area contributed by atoms with Crippen molar-refractivity contribution in [3.63, 3.8) is 0 Å². The molecule has 0 unspecified atom stereocenters. The summed E-state index contributed by atoms with van der Waals surface area (Å²) in [7, 11) is 0. The molecule has 2 heteroatoms. The van der Waals surface area contributed by atoms with E-state index in [1.54, 1.807) is 0 Å². The van der Waals surface area contributed by atoms with Gasteiger partial charge in [0.1, 0.15) is 11.2 Å². The van der Waals surface area contributed by atoms with Gasteiger partial charge in [-0.05, 0) is 85.1 Å². The van der Waals surface area contributed by atoms with E-state index in [4.69, 9.17) is 4.42 Å². The van der Waals surface area contributed by atoms with Gasteiger partial charge in [-0.25, -0.2) is 0 Å². The predicted molar refractivity (Wildman–Crippen MR) is 213 cm³/mol. The molecule has 0 saturated carbocycles. The highest BCUT2D eigenvalue weighted by Crippen LogP contribution is 2.58. The van der Waals surface area contributed by atoms with Gasteiger partial charge in [-0.1, -0.05) is 141 Å². The summed E-state index contributed by atoms with van der Waals surface area (Å²) in [6.45, 7) is 4.76. The van der Waals surface area contributed by atoms with Crippen LogP contribution < -0.4 is 0 Å². The van der Waals surface area contributed by atoms with Gasteiger partial charge in [-0.3, -0.25) is 0 Å². The van der Waals surface area contributed by atoms with Crippen molar-refractivity contribution in [1.29, 1.82) is 0 Å². The average Bonchev–Trinajstić information content (AvgIpc) is 3.88. The minimum atomic E-state index is -0.212. The van der Waals surface area contributed by atoms with Gasteiger partial charge in [-0.15, -0.1) is 0 Å². The molecule has 8 aromatic carbocycles. The van der Waals surface area contributed by atoms with E-state index >= 15 is 0 Å². The monoisotopic (exact) mass is 649 g/mol. The van der Waals surface area contributed by atoms with Gasteiger partial charge in [0.05, 0.1) is 16.4 Å². The van der Waals surface area contributed by atoms with Gasteiger partial charge >= 0.3 is 0 Å². The van der Waals surface area contributed by atoms with E-state index in [0.29, 0.717) is 0 Å². The van der Waals surface area contributed by atoms with E-state index in [1.807, 2.05) is 0 Å². The quantitative estimate of drug-likeness (QED) is 0.182. The van der Waals surface area contributed by atoms with Crippen molar-refractivity contribution in [2.45, 2.75) is 19.3 Å². The molecule has 0 saturated heterocycles. The molecule has 10 aromatic rings. The van der Waals surface area contributed by atoms with Crippen LogP contribution in [0, 0.1) is 0 Å². The Bertz CT molecular complexity index is 3140. The zero-order chi connectivity index (χ0) is 33.6. The van der Waals surface area contributed by atoms with Crippen molar-refractivity contribution in [3.05, 3.63) is 163 Å². The SMILES string of the molecule is CC1(C)c2ccccc2-c2c1c1c3ccccc3n(-c3cccc(-c4ccc5c6c(cccc46)-c4ccccc4-5)c3)c1c1c2oc2ccccc21. The summed E-state index contributed by atoms with van der Waals surface area (Å²) >= 11 is 0. The number of furan rings is 1. The summed E-state index contributed by atoms with van der Waals surface area (Å²) in [5, 5.41) is 7.55. The Hall–Kier alpha value is -6.38. The fourth-order valence-corrected chi connectivity index (χ4v) is 9.83. The van der Waals surface area contributed by atoms with Crippen LogP contribution in [0.3, 0.4) is 0 Å². The third-order valence-corrected chi connectivity index (χ3v) is 11.9. The number of para-hydroxylation sites is 2. The molecule has 238 valence electrons. The first kappa shape index (κ1) is 27.4. The predicted octanol–water partition coefficient (Wildman–Crippen LogP) is 13.5. The molecule has 2 aliphatic rings. The Kier molecular flexibility index (Phi) is 5.08. The molecule has 0 bridgehead atoms. The number of hydrogen-bond donors (Lipinski definition) is 0. The summed E-state index contributed by atoms with van der Waals surface area (Å²) in [5.74, 6) is 0. The number of fused-ring (bicyclic) bond motifs is 15. The van der Waals surface area contributed by atoms with E-state index in [9.17, 15) is 0 Å². The third-order valence-electron chi connectivity index (χ3n) is 11.9. The fraction of sp³-hybridized carbons (Fsp3) is 0.0612. The molecule has 0 radical (unpaired) electrons. The van der Waals surface area contributed by atoms with Crippen molar-refractivity contribution >= 4 is 54.5 Å². The normalized spacial score (nSPS) is 13.8. The molecule has 0 atom stereocenters. The lowest BCUT2D eigenvalue weighted by atomic mass is 9.80. The molecule has 0 amide bonds. The molecule has 2 aromatic heterocycles. The Morgan fingerprint density at radius 2 is 1.14 bits per heavy atom. The maximum atomic E-state index is 6.92. The van der Waals surface area contributed by atoms with Crippen LogP contribution in [-0.2, 0) is 5.41 Å². The first-order valence-electron chi connectivity index (χ1n) is 17.9. The zero-order valence-corrected chi connectivity index (χ0v) is 28.3. The van der Waals surface area contributed by atoms with E-state index < -0.39 is 0 Å². The van der Waals surface area contributed by atoms with Crippen LogP contribution in [0.1, 0.15) is 25.0 Å². The maximum Gasteiger partial charge on any atom is 0.145 e. The lowest BCUT2D eigenvalue weighted by Crippen LogP contribution is -2.15. The molecule has 2 heterocycles. The topological polar surface area (TPSA) is 18.1 Å². The number of benzene rings is 8. The van der Waals surface area contributed by atoms with E-state index in [2.05, 4.69) is 170 Å². The number of hydrogen-bond acceptors (Lipinski definition) is 1.